The van der Waals surface area contributed by atoms with Crippen LogP contribution in [0.5, 0.6) is 0 Å². The van der Waals surface area contributed by atoms with Crippen LogP contribution in [0.1, 0.15) is 23.8 Å². The summed E-state index contributed by atoms with van der Waals surface area (Å²) in [4.78, 5) is 14.0. The lowest BCUT2D eigenvalue weighted by atomic mass is 10.3. The van der Waals surface area contributed by atoms with Crippen LogP contribution >= 0.6 is 11.6 Å². The van der Waals surface area contributed by atoms with Gasteiger partial charge in [0, 0.05) is 32.9 Å². The van der Waals surface area contributed by atoms with Crippen molar-refractivity contribution < 1.29 is 14.6 Å². The average Bonchev–Trinajstić information content (AvgIpc) is 2.75. The van der Waals surface area contributed by atoms with E-state index in [9.17, 15) is 4.79 Å². The zero-order chi connectivity index (χ0) is 14.3. The van der Waals surface area contributed by atoms with Crippen LogP contribution in [0.4, 0.5) is 0 Å². The fourth-order valence-electron chi connectivity index (χ4n) is 1.88. The lowest BCUT2D eigenvalue weighted by Gasteiger charge is -2.22. The van der Waals surface area contributed by atoms with Gasteiger partial charge in [0.05, 0.1) is 18.2 Å². The minimum Gasteiger partial charge on any atom is -0.395 e. The molecule has 0 aliphatic rings. The summed E-state index contributed by atoms with van der Waals surface area (Å²) in [6.45, 7) is 3.89. The molecule has 0 atom stereocenters. The molecule has 0 fully saturated rings. The number of aliphatic hydroxyl groups excluding tert-OH is 1. The largest absolute Gasteiger partial charge is 0.395 e. The minimum absolute atomic E-state index is 0.0718. The van der Waals surface area contributed by atoms with Gasteiger partial charge in [-0.3, -0.25) is 4.79 Å². The van der Waals surface area contributed by atoms with Gasteiger partial charge < -0.3 is 19.3 Å². The van der Waals surface area contributed by atoms with Crippen molar-refractivity contribution in [2.45, 2.75) is 19.9 Å². The Morgan fingerprint density at radius 1 is 1.53 bits per heavy atom. The maximum Gasteiger partial charge on any atom is 0.270 e. The number of carbonyl (C=O) groups is 1. The molecule has 0 saturated heterocycles. The first kappa shape index (κ1) is 16.0. The molecule has 0 saturated carbocycles. The average molecular weight is 289 g/mol. The molecule has 1 heterocycles. The SMILES string of the molecule is CCCn1cc(Cl)cc1C(=O)N(CCO)CCOC. The molecule has 0 bridgehead atoms. The highest BCUT2D eigenvalue weighted by Gasteiger charge is 2.19. The van der Waals surface area contributed by atoms with Crippen molar-refractivity contribution in [1.29, 1.82) is 0 Å². The van der Waals surface area contributed by atoms with Crippen LogP contribution < -0.4 is 0 Å². The molecule has 1 N–H and O–H groups in total. The molecule has 1 rings (SSSR count). The number of nitrogens with zero attached hydrogens (tertiary/aromatic N) is 2. The Bertz CT molecular complexity index is 407. The maximum absolute atomic E-state index is 12.4. The lowest BCUT2D eigenvalue weighted by molar-refractivity contribution is 0.0646. The Kier molecular flexibility index (Phi) is 6.91. The van der Waals surface area contributed by atoms with Crippen molar-refractivity contribution >= 4 is 17.5 Å². The molecule has 5 nitrogen and oxygen atoms in total. The van der Waals surface area contributed by atoms with Gasteiger partial charge in [-0.2, -0.15) is 0 Å². The summed E-state index contributed by atoms with van der Waals surface area (Å²) in [7, 11) is 1.58. The number of aliphatic hydroxyl groups is 1. The quantitative estimate of drug-likeness (QED) is 0.791. The molecule has 0 aromatic carbocycles. The van der Waals surface area contributed by atoms with Gasteiger partial charge in [-0.05, 0) is 12.5 Å². The number of ether oxygens (including phenoxy) is 1. The molecule has 0 unspecified atom stereocenters. The van der Waals surface area contributed by atoms with Crippen LogP contribution in [0.3, 0.4) is 0 Å². The summed E-state index contributed by atoms with van der Waals surface area (Å²) in [5.41, 5.74) is 0.552. The second kappa shape index (κ2) is 8.19. The first-order chi connectivity index (χ1) is 9.13. The number of hydrogen-bond acceptors (Lipinski definition) is 3. The third-order valence-electron chi connectivity index (χ3n) is 2.77. The highest BCUT2D eigenvalue weighted by molar-refractivity contribution is 6.31. The van der Waals surface area contributed by atoms with Gasteiger partial charge in [-0.25, -0.2) is 0 Å². The maximum atomic E-state index is 12.4. The van der Waals surface area contributed by atoms with E-state index in [1.807, 2.05) is 11.5 Å². The van der Waals surface area contributed by atoms with Crippen LogP contribution in [0.2, 0.25) is 5.02 Å². The molecule has 19 heavy (non-hydrogen) atoms. The number of rotatable bonds is 8. The summed E-state index contributed by atoms with van der Waals surface area (Å²) in [5, 5.41) is 9.59. The molecule has 108 valence electrons. The third-order valence-corrected chi connectivity index (χ3v) is 2.98. The molecule has 1 aromatic rings. The molecular weight excluding hydrogens is 268 g/mol. The number of aromatic nitrogens is 1. The van der Waals surface area contributed by atoms with Gasteiger partial charge in [0.1, 0.15) is 5.69 Å². The second-order valence-corrected chi connectivity index (χ2v) is 4.68. The van der Waals surface area contributed by atoms with Crippen molar-refractivity contribution in [2.75, 3.05) is 33.4 Å². The third kappa shape index (κ3) is 4.53. The molecular formula is C13H21ClN2O3. The molecule has 1 aromatic heterocycles. The monoisotopic (exact) mass is 288 g/mol. The molecule has 1 amide bonds. The Hall–Kier alpha value is -1.04. The number of aryl methyl sites for hydroxylation is 1. The topological polar surface area (TPSA) is 54.7 Å². The number of hydrogen-bond donors (Lipinski definition) is 1. The molecule has 0 aliphatic carbocycles. The Balaban J connectivity index is 2.88. The van der Waals surface area contributed by atoms with E-state index in [1.54, 1.807) is 24.3 Å². The van der Waals surface area contributed by atoms with Gasteiger partial charge in [-0.15, -0.1) is 0 Å². The van der Waals surface area contributed by atoms with E-state index < -0.39 is 0 Å². The van der Waals surface area contributed by atoms with E-state index in [2.05, 4.69) is 0 Å². The number of methoxy groups -OCH3 is 1. The Labute approximate surface area is 118 Å². The van der Waals surface area contributed by atoms with Gasteiger partial charge in [0.25, 0.3) is 5.91 Å². The standard InChI is InChI=1S/C13H21ClN2O3/c1-3-4-16-10-11(14)9-12(16)13(18)15(5-7-17)6-8-19-2/h9-10,17H,3-8H2,1-2H3. The van der Waals surface area contributed by atoms with Crippen LogP contribution in [0.25, 0.3) is 0 Å². The van der Waals surface area contributed by atoms with Crippen LogP contribution in [0.15, 0.2) is 12.3 Å². The van der Waals surface area contributed by atoms with Gasteiger partial charge in [0.15, 0.2) is 0 Å². The fourth-order valence-corrected chi connectivity index (χ4v) is 2.10. The van der Waals surface area contributed by atoms with Crippen molar-refractivity contribution in [3.8, 4) is 0 Å². The summed E-state index contributed by atoms with van der Waals surface area (Å²) in [6.07, 6.45) is 2.68. The number of halogens is 1. The van der Waals surface area contributed by atoms with E-state index in [4.69, 9.17) is 21.4 Å². The molecule has 0 spiro atoms. The van der Waals surface area contributed by atoms with Gasteiger partial charge in [-0.1, -0.05) is 18.5 Å². The predicted octanol–water partition coefficient (Wildman–Crippen LogP) is 1.63. The van der Waals surface area contributed by atoms with E-state index in [-0.39, 0.29) is 19.1 Å². The summed E-state index contributed by atoms with van der Waals surface area (Å²) >= 11 is 5.97. The second-order valence-electron chi connectivity index (χ2n) is 4.25. The highest BCUT2D eigenvalue weighted by Crippen LogP contribution is 2.16. The molecule has 0 radical (unpaired) electrons. The van der Waals surface area contributed by atoms with Crippen molar-refractivity contribution in [2.24, 2.45) is 0 Å². The van der Waals surface area contributed by atoms with E-state index in [0.717, 1.165) is 13.0 Å². The van der Waals surface area contributed by atoms with Gasteiger partial charge >= 0.3 is 0 Å². The first-order valence-electron chi connectivity index (χ1n) is 6.38. The minimum atomic E-state index is -0.133. The zero-order valence-corrected chi connectivity index (χ0v) is 12.2. The first-order valence-corrected chi connectivity index (χ1v) is 6.76. The summed E-state index contributed by atoms with van der Waals surface area (Å²) in [5.74, 6) is -0.133. The van der Waals surface area contributed by atoms with Crippen LogP contribution in [0, 0.1) is 0 Å². The summed E-state index contributed by atoms with van der Waals surface area (Å²) < 4.78 is 6.83. The van der Waals surface area contributed by atoms with Crippen LogP contribution in [-0.2, 0) is 11.3 Å². The van der Waals surface area contributed by atoms with Crippen LogP contribution in [-0.4, -0.2) is 53.9 Å². The zero-order valence-electron chi connectivity index (χ0n) is 11.4. The lowest BCUT2D eigenvalue weighted by Crippen LogP contribution is -2.37. The van der Waals surface area contributed by atoms with E-state index >= 15 is 0 Å². The summed E-state index contributed by atoms with van der Waals surface area (Å²) in [6, 6.07) is 1.66. The Morgan fingerprint density at radius 2 is 2.26 bits per heavy atom. The molecule has 0 aliphatic heterocycles. The highest BCUT2D eigenvalue weighted by atomic mass is 35.5. The number of amides is 1. The normalized spacial score (nSPS) is 10.7. The van der Waals surface area contributed by atoms with Crippen molar-refractivity contribution in [3.63, 3.8) is 0 Å². The Morgan fingerprint density at radius 3 is 2.84 bits per heavy atom. The van der Waals surface area contributed by atoms with E-state index in [1.165, 1.54) is 0 Å². The van der Waals surface area contributed by atoms with Gasteiger partial charge in [0.2, 0.25) is 0 Å². The van der Waals surface area contributed by atoms with E-state index in [0.29, 0.717) is 23.9 Å². The molecule has 6 heteroatoms. The smallest absolute Gasteiger partial charge is 0.270 e. The van der Waals surface area contributed by atoms with Crippen molar-refractivity contribution in [1.82, 2.24) is 9.47 Å². The fraction of sp³-hybridized carbons (Fsp3) is 0.615. The van der Waals surface area contributed by atoms with Crippen molar-refractivity contribution in [3.05, 3.63) is 23.0 Å². The predicted molar refractivity (Wildman–Crippen MR) is 74.6 cm³/mol. The number of carbonyl (C=O) groups excluding carboxylic acids is 1.